The van der Waals surface area contributed by atoms with E-state index in [9.17, 15) is 4.79 Å². The van der Waals surface area contributed by atoms with Gasteiger partial charge in [-0.3, -0.25) is 9.48 Å². The number of carbonyl (C=O) groups is 1. The van der Waals surface area contributed by atoms with Crippen LogP contribution in [0.5, 0.6) is 0 Å². The lowest BCUT2D eigenvalue weighted by Crippen LogP contribution is -2.12. The summed E-state index contributed by atoms with van der Waals surface area (Å²) in [5.41, 5.74) is 0.492. The Morgan fingerprint density at radius 2 is 2.36 bits per heavy atom. The van der Waals surface area contributed by atoms with Gasteiger partial charge in [0.05, 0.1) is 11.9 Å². The number of nitrogens with zero attached hydrogens (tertiary/aromatic N) is 2. The Balaban J connectivity index is 2.82. The van der Waals surface area contributed by atoms with Crippen LogP contribution in [0.15, 0.2) is 6.20 Å². The van der Waals surface area contributed by atoms with Crippen LogP contribution in [0, 0.1) is 0 Å². The fourth-order valence-electron chi connectivity index (χ4n) is 0.902. The van der Waals surface area contributed by atoms with Crippen LogP contribution in [0.25, 0.3) is 0 Å². The van der Waals surface area contributed by atoms with Gasteiger partial charge in [-0.2, -0.15) is 5.10 Å². The Labute approximate surface area is 92.2 Å². The minimum Gasteiger partial charge on any atom is -0.321 e. The minimum absolute atomic E-state index is 0.0941. The molecule has 0 aliphatic rings. The van der Waals surface area contributed by atoms with Crippen molar-refractivity contribution in [3.63, 3.8) is 0 Å². The number of anilines is 1. The molecule has 0 bridgehead atoms. The number of amides is 1. The van der Waals surface area contributed by atoms with Crippen LogP contribution < -0.4 is 5.32 Å². The summed E-state index contributed by atoms with van der Waals surface area (Å²) < 4.78 is 1.67. The second kappa shape index (κ2) is 4.66. The first-order valence-electron chi connectivity index (χ1n) is 4.15. The van der Waals surface area contributed by atoms with Gasteiger partial charge in [0.15, 0.2) is 5.15 Å². The second-order valence-corrected chi connectivity index (χ2v) is 3.71. The van der Waals surface area contributed by atoms with E-state index in [1.54, 1.807) is 10.9 Å². The highest BCUT2D eigenvalue weighted by molar-refractivity contribution is 6.33. The van der Waals surface area contributed by atoms with E-state index >= 15 is 0 Å². The summed E-state index contributed by atoms with van der Waals surface area (Å²) in [6.45, 7) is 3.94. The quantitative estimate of drug-likeness (QED) is 0.818. The van der Waals surface area contributed by atoms with Gasteiger partial charge in [-0.15, -0.1) is 11.6 Å². The average molecular weight is 236 g/mol. The number of nitrogens with one attached hydrogen (secondary N) is 1. The molecule has 4 nitrogen and oxygen atoms in total. The van der Waals surface area contributed by atoms with Gasteiger partial charge in [0.2, 0.25) is 5.91 Å². The normalized spacial score (nSPS) is 10.6. The number of aromatic nitrogens is 2. The maximum atomic E-state index is 11.0. The molecule has 1 N–H and O–H groups in total. The molecular formula is C8H11Cl2N3O. The zero-order valence-electron chi connectivity index (χ0n) is 7.92. The van der Waals surface area contributed by atoms with E-state index in [-0.39, 0.29) is 23.0 Å². The van der Waals surface area contributed by atoms with Gasteiger partial charge in [0.25, 0.3) is 0 Å². The summed E-state index contributed by atoms with van der Waals surface area (Å²) >= 11 is 11.1. The van der Waals surface area contributed by atoms with E-state index in [1.807, 2.05) is 13.8 Å². The highest BCUT2D eigenvalue weighted by atomic mass is 35.5. The number of rotatable bonds is 3. The molecule has 0 atom stereocenters. The van der Waals surface area contributed by atoms with Crippen molar-refractivity contribution in [2.45, 2.75) is 19.9 Å². The van der Waals surface area contributed by atoms with Crippen molar-refractivity contribution in [3.8, 4) is 0 Å². The molecule has 1 amide bonds. The predicted molar refractivity (Wildman–Crippen MR) is 57.0 cm³/mol. The molecule has 1 aromatic rings. The van der Waals surface area contributed by atoms with Gasteiger partial charge >= 0.3 is 0 Å². The summed E-state index contributed by atoms with van der Waals surface area (Å²) in [7, 11) is 0. The Kier molecular flexibility index (Phi) is 3.77. The summed E-state index contributed by atoms with van der Waals surface area (Å²) in [5.74, 6) is -0.389. The van der Waals surface area contributed by atoms with Gasteiger partial charge in [-0.05, 0) is 13.8 Å². The van der Waals surface area contributed by atoms with Crippen molar-refractivity contribution in [1.29, 1.82) is 0 Å². The van der Waals surface area contributed by atoms with E-state index in [0.717, 1.165) is 0 Å². The third kappa shape index (κ3) is 2.62. The molecule has 14 heavy (non-hydrogen) atoms. The molecule has 0 saturated carbocycles. The van der Waals surface area contributed by atoms with Crippen LogP contribution in [0.4, 0.5) is 5.69 Å². The van der Waals surface area contributed by atoms with Crippen LogP contribution in [-0.2, 0) is 4.79 Å². The highest BCUT2D eigenvalue weighted by Crippen LogP contribution is 2.21. The highest BCUT2D eigenvalue weighted by Gasteiger charge is 2.10. The van der Waals surface area contributed by atoms with Gasteiger partial charge in [0.1, 0.15) is 5.88 Å². The molecule has 0 aromatic carbocycles. The summed E-state index contributed by atoms with van der Waals surface area (Å²) in [6.07, 6.45) is 1.68. The lowest BCUT2D eigenvalue weighted by atomic mass is 10.4. The lowest BCUT2D eigenvalue weighted by Gasteiger charge is -2.02. The SMILES string of the molecule is CC(C)n1cc(NC(=O)CCl)c(Cl)n1. The molecule has 1 rings (SSSR count). The minimum atomic E-state index is -0.295. The number of alkyl halides is 1. The lowest BCUT2D eigenvalue weighted by molar-refractivity contribution is -0.113. The molecule has 6 heteroatoms. The molecule has 0 saturated heterocycles. The van der Waals surface area contributed by atoms with Gasteiger partial charge in [-0.25, -0.2) is 0 Å². The fraction of sp³-hybridized carbons (Fsp3) is 0.500. The Hall–Kier alpha value is -0.740. The van der Waals surface area contributed by atoms with Crippen molar-refractivity contribution >= 4 is 34.8 Å². The van der Waals surface area contributed by atoms with Gasteiger partial charge < -0.3 is 5.32 Å². The molecule has 0 radical (unpaired) electrons. The Morgan fingerprint density at radius 3 is 2.79 bits per heavy atom. The maximum Gasteiger partial charge on any atom is 0.239 e. The van der Waals surface area contributed by atoms with Crippen LogP contribution >= 0.6 is 23.2 Å². The first-order chi connectivity index (χ1) is 6.54. The largest absolute Gasteiger partial charge is 0.321 e. The Morgan fingerprint density at radius 1 is 1.71 bits per heavy atom. The predicted octanol–water partition coefficient (Wildman–Crippen LogP) is 2.29. The Bertz CT molecular complexity index is 335. The van der Waals surface area contributed by atoms with E-state index in [0.29, 0.717) is 5.69 Å². The summed E-state index contributed by atoms with van der Waals surface area (Å²) in [4.78, 5) is 11.0. The van der Waals surface area contributed by atoms with E-state index < -0.39 is 0 Å². The zero-order valence-corrected chi connectivity index (χ0v) is 9.43. The first-order valence-corrected chi connectivity index (χ1v) is 5.06. The molecule has 1 heterocycles. The third-order valence-corrected chi connectivity index (χ3v) is 2.13. The monoisotopic (exact) mass is 235 g/mol. The number of hydrogen-bond acceptors (Lipinski definition) is 2. The van der Waals surface area contributed by atoms with Crippen molar-refractivity contribution in [2.75, 3.05) is 11.2 Å². The van der Waals surface area contributed by atoms with E-state index in [1.165, 1.54) is 0 Å². The number of carbonyl (C=O) groups excluding carboxylic acids is 1. The molecule has 0 aliphatic carbocycles. The van der Waals surface area contributed by atoms with Gasteiger partial charge in [0, 0.05) is 6.04 Å². The van der Waals surface area contributed by atoms with Crippen molar-refractivity contribution in [1.82, 2.24) is 9.78 Å². The van der Waals surface area contributed by atoms with Crippen LogP contribution in [-0.4, -0.2) is 21.6 Å². The van der Waals surface area contributed by atoms with Gasteiger partial charge in [-0.1, -0.05) is 11.6 Å². The summed E-state index contributed by atoms with van der Waals surface area (Å²) in [5, 5.41) is 6.85. The topological polar surface area (TPSA) is 46.9 Å². The van der Waals surface area contributed by atoms with Crippen LogP contribution in [0.1, 0.15) is 19.9 Å². The second-order valence-electron chi connectivity index (χ2n) is 3.09. The van der Waals surface area contributed by atoms with Crippen molar-refractivity contribution in [3.05, 3.63) is 11.3 Å². The van der Waals surface area contributed by atoms with E-state index in [4.69, 9.17) is 23.2 Å². The van der Waals surface area contributed by atoms with Crippen LogP contribution in [0.2, 0.25) is 5.15 Å². The molecule has 0 spiro atoms. The molecule has 0 fully saturated rings. The van der Waals surface area contributed by atoms with Crippen molar-refractivity contribution in [2.24, 2.45) is 0 Å². The molecule has 1 aromatic heterocycles. The standard InChI is InChI=1S/C8H11Cl2N3O/c1-5(2)13-4-6(8(10)12-13)11-7(14)3-9/h4-5H,3H2,1-2H3,(H,11,14). The molecule has 0 aliphatic heterocycles. The zero-order chi connectivity index (χ0) is 10.7. The number of halogens is 2. The van der Waals surface area contributed by atoms with Crippen molar-refractivity contribution < 1.29 is 4.79 Å². The van der Waals surface area contributed by atoms with Crippen LogP contribution in [0.3, 0.4) is 0 Å². The third-order valence-electron chi connectivity index (χ3n) is 1.61. The average Bonchev–Trinajstić information content (AvgIpc) is 2.48. The molecular weight excluding hydrogens is 225 g/mol. The smallest absolute Gasteiger partial charge is 0.239 e. The van der Waals surface area contributed by atoms with E-state index in [2.05, 4.69) is 10.4 Å². The molecule has 78 valence electrons. The summed E-state index contributed by atoms with van der Waals surface area (Å²) in [6, 6.07) is 0.203. The maximum absolute atomic E-state index is 11.0. The fourth-order valence-corrected chi connectivity index (χ4v) is 1.15. The molecule has 0 unspecified atom stereocenters. The number of hydrogen-bond donors (Lipinski definition) is 1. The first kappa shape index (κ1) is 11.3.